The number of benzene rings is 4. The van der Waals surface area contributed by atoms with Crippen LogP contribution in [0.2, 0.25) is 0 Å². The molecule has 11 nitrogen and oxygen atoms in total. The number of carboxylic acid groups (broad SMARTS) is 1. The summed E-state index contributed by atoms with van der Waals surface area (Å²) in [7, 11) is 0. The zero-order chi connectivity index (χ0) is 33.2. The van der Waals surface area contributed by atoms with Gasteiger partial charge < -0.3 is 24.4 Å². The van der Waals surface area contributed by atoms with Crippen molar-refractivity contribution in [1.82, 2.24) is 0 Å². The number of rotatable bonds is 7. The van der Waals surface area contributed by atoms with E-state index in [-0.39, 0.29) is 28.4 Å². The van der Waals surface area contributed by atoms with Gasteiger partial charge in [-0.2, -0.15) is 9.98 Å². The second kappa shape index (κ2) is 18.6. The molecule has 0 aliphatic carbocycles. The molecule has 0 saturated heterocycles. The van der Waals surface area contributed by atoms with E-state index in [1.165, 1.54) is 38.1 Å². The molecular formula is C32H24N2O9S2. The number of isothiocyanates is 2. The number of phenols is 1. The van der Waals surface area contributed by atoms with Gasteiger partial charge in [0.15, 0.2) is 0 Å². The zero-order valence-corrected chi connectivity index (χ0v) is 25.3. The first kappa shape index (κ1) is 35.4. The summed E-state index contributed by atoms with van der Waals surface area (Å²) in [4.78, 5) is 51.9. The van der Waals surface area contributed by atoms with E-state index in [0.29, 0.717) is 17.1 Å². The summed E-state index contributed by atoms with van der Waals surface area (Å²) in [5.74, 6) is -1.99. The van der Waals surface area contributed by atoms with Gasteiger partial charge in [-0.1, -0.05) is 24.3 Å². The van der Waals surface area contributed by atoms with Gasteiger partial charge in [0.2, 0.25) is 0 Å². The van der Waals surface area contributed by atoms with E-state index < -0.39 is 23.9 Å². The van der Waals surface area contributed by atoms with Crippen LogP contribution in [-0.4, -0.2) is 44.4 Å². The van der Waals surface area contributed by atoms with Gasteiger partial charge in [0.1, 0.15) is 34.1 Å². The van der Waals surface area contributed by atoms with Crippen molar-refractivity contribution in [2.45, 2.75) is 13.8 Å². The van der Waals surface area contributed by atoms with Crippen LogP contribution in [0.3, 0.4) is 0 Å². The molecule has 4 rings (SSSR count). The van der Waals surface area contributed by atoms with Gasteiger partial charge in [0.05, 0.1) is 21.7 Å². The van der Waals surface area contributed by atoms with Gasteiger partial charge in [-0.25, -0.2) is 9.59 Å². The topological polar surface area (TPSA) is 161 Å². The maximum Gasteiger partial charge on any atom is 0.347 e. The molecule has 0 heterocycles. The van der Waals surface area contributed by atoms with Gasteiger partial charge >= 0.3 is 23.9 Å². The molecule has 0 saturated carbocycles. The molecule has 45 heavy (non-hydrogen) atoms. The monoisotopic (exact) mass is 644 g/mol. The average molecular weight is 645 g/mol. The minimum atomic E-state index is -1.11. The molecule has 0 aliphatic rings. The summed E-state index contributed by atoms with van der Waals surface area (Å²) in [6.45, 7) is 2.48. The number of carbonyl (C=O) groups is 4. The molecule has 0 atom stereocenters. The molecule has 13 heteroatoms. The third-order valence-corrected chi connectivity index (χ3v) is 5.16. The molecule has 0 amide bonds. The number of aliphatic imine (C=N–C) groups is 2. The number of carbonyl (C=O) groups excluding carboxylic acids is 3. The Balaban J connectivity index is 0.000000259. The first-order chi connectivity index (χ1) is 21.5. The lowest BCUT2D eigenvalue weighted by atomic mass is 10.2. The minimum absolute atomic E-state index is 0.0160. The van der Waals surface area contributed by atoms with E-state index >= 15 is 0 Å². The van der Waals surface area contributed by atoms with E-state index in [1.54, 1.807) is 72.8 Å². The standard InChI is InChI=1S/C16H11NO4S.C9H8O4.C7H5NOS/c1-11(18)20-15-5-3-2-4-14(15)16(19)21-13-8-6-12(7-9-13)17-10-22;1-6(10)13-8-5-3-2-4-7(8)9(11)12;9-7-3-1-6(2-4-7)8-5-10/h2-9H,1H3;2-5H,1H3,(H,11,12);1-4,9H. The van der Waals surface area contributed by atoms with Gasteiger partial charge in [-0.05, 0) is 97.2 Å². The molecule has 228 valence electrons. The maximum absolute atomic E-state index is 12.2. The number of thiocarbonyl (C=S) groups is 2. The molecule has 0 aliphatic heterocycles. The van der Waals surface area contributed by atoms with Crippen molar-refractivity contribution in [3.05, 3.63) is 108 Å². The third-order valence-electron chi connectivity index (χ3n) is 4.98. The van der Waals surface area contributed by atoms with Crippen LogP contribution in [0.4, 0.5) is 11.4 Å². The highest BCUT2D eigenvalue weighted by atomic mass is 32.1. The van der Waals surface area contributed by atoms with Gasteiger partial charge in [-0.3, -0.25) is 9.59 Å². The number of hydrogen-bond acceptors (Lipinski definition) is 12. The van der Waals surface area contributed by atoms with Gasteiger partial charge in [-0.15, -0.1) is 0 Å². The molecule has 0 radical (unpaired) electrons. The Labute approximate surface area is 268 Å². The number of nitrogens with zero attached hydrogens (tertiary/aromatic N) is 2. The van der Waals surface area contributed by atoms with Crippen LogP contribution in [0.15, 0.2) is 107 Å². The van der Waals surface area contributed by atoms with Crippen LogP contribution in [0.1, 0.15) is 34.6 Å². The number of phenolic OH excluding ortho intramolecular Hbond substituents is 1. The van der Waals surface area contributed by atoms with Crippen molar-refractivity contribution in [2.75, 3.05) is 0 Å². The second-order valence-corrected chi connectivity index (χ2v) is 8.66. The number of esters is 3. The Kier molecular flexibility index (Phi) is 14.7. The predicted octanol–water partition coefficient (Wildman–Crippen LogP) is 7.00. The summed E-state index contributed by atoms with van der Waals surface area (Å²) in [6, 6.07) is 25.2. The molecular weight excluding hydrogens is 620 g/mol. The molecule has 4 aromatic rings. The Hall–Kier alpha value is -5.84. The molecule has 0 spiro atoms. The van der Waals surface area contributed by atoms with Gasteiger partial charge in [0, 0.05) is 13.8 Å². The first-order valence-corrected chi connectivity index (χ1v) is 13.4. The highest BCUT2D eigenvalue weighted by molar-refractivity contribution is 7.78. The predicted molar refractivity (Wildman–Crippen MR) is 171 cm³/mol. The Bertz CT molecular complexity index is 1750. The van der Waals surface area contributed by atoms with E-state index in [1.807, 2.05) is 0 Å². The fourth-order valence-corrected chi connectivity index (χ4v) is 3.36. The number of ether oxygens (including phenoxy) is 3. The lowest BCUT2D eigenvalue weighted by Gasteiger charge is -2.08. The molecule has 4 aromatic carbocycles. The van der Waals surface area contributed by atoms with Crippen molar-refractivity contribution >= 4 is 70.0 Å². The smallest absolute Gasteiger partial charge is 0.347 e. The molecule has 0 unspecified atom stereocenters. The summed E-state index contributed by atoms with van der Waals surface area (Å²) < 4.78 is 14.9. The van der Waals surface area contributed by atoms with Crippen molar-refractivity contribution in [3.8, 4) is 23.0 Å². The van der Waals surface area contributed by atoms with Crippen LogP contribution >= 0.6 is 24.4 Å². The quantitative estimate of drug-likeness (QED) is 0.0922. The summed E-state index contributed by atoms with van der Waals surface area (Å²) in [5.41, 5.74) is 1.46. The Morgan fingerprint density at radius 2 is 1.04 bits per heavy atom. The van der Waals surface area contributed by atoms with E-state index in [9.17, 15) is 19.2 Å². The number of aromatic hydroxyl groups is 1. The van der Waals surface area contributed by atoms with E-state index in [2.05, 4.69) is 49.5 Å². The van der Waals surface area contributed by atoms with Crippen LogP contribution in [0, 0.1) is 0 Å². The fraction of sp³-hybridized carbons (Fsp3) is 0.0625. The number of carboxylic acids is 1. The van der Waals surface area contributed by atoms with Crippen LogP contribution in [0.5, 0.6) is 23.0 Å². The van der Waals surface area contributed by atoms with E-state index in [4.69, 9.17) is 19.7 Å². The lowest BCUT2D eigenvalue weighted by molar-refractivity contribution is -0.132. The normalized spacial score (nSPS) is 9.20. The van der Waals surface area contributed by atoms with Crippen molar-refractivity contribution in [2.24, 2.45) is 9.98 Å². The lowest BCUT2D eigenvalue weighted by Crippen LogP contribution is -2.12. The Morgan fingerprint density at radius 3 is 1.49 bits per heavy atom. The fourth-order valence-electron chi connectivity index (χ4n) is 3.15. The minimum Gasteiger partial charge on any atom is -0.508 e. The molecule has 2 N–H and O–H groups in total. The average Bonchev–Trinajstić information content (AvgIpc) is 3.00. The maximum atomic E-state index is 12.2. The van der Waals surface area contributed by atoms with Crippen molar-refractivity contribution < 1.29 is 43.6 Å². The molecule has 0 aromatic heterocycles. The van der Waals surface area contributed by atoms with Gasteiger partial charge in [0.25, 0.3) is 0 Å². The highest BCUT2D eigenvalue weighted by Crippen LogP contribution is 2.23. The second-order valence-electron chi connectivity index (χ2n) is 8.29. The third kappa shape index (κ3) is 12.9. The van der Waals surface area contributed by atoms with Crippen molar-refractivity contribution in [3.63, 3.8) is 0 Å². The number of para-hydroxylation sites is 2. The SMILES string of the molecule is CC(=O)Oc1ccccc1C(=O)O.CC(=O)Oc1ccccc1C(=O)Oc1ccc(N=C=S)cc1.Oc1ccc(N=C=S)cc1. The largest absolute Gasteiger partial charge is 0.508 e. The number of aromatic carboxylic acids is 1. The summed E-state index contributed by atoms with van der Waals surface area (Å²) in [6.07, 6.45) is 0. The summed E-state index contributed by atoms with van der Waals surface area (Å²) in [5, 5.41) is 22.0. The molecule has 0 fully saturated rings. The van der Waals surface area contributed by atoms with Crippen LogP contribution in [0.25, 0.3) is 0 Å². The first-order valence-electron chi connectivity index (χ1n) is 12.6. The van der Waals surface area contributed by atoms with E-state index in [0.717, 1.165) is 0 Å². The Morgan fingerprint density at radius 1 is 0.622 bits per heavy atom. The number of hydrogen-bond donors (Lipinski definition) is 2. The van der Waals surface area contributed by atoms with Crippen LogP contribution in [-0.2, 0) is 9.59 Å². The summed E-state index contributed by atoms with van der Waals surface area (Å²) >= 11 is 8.89. The van der Waals surface area contributed by atoms with Crippen LogP contribution < -0.4 is 14.2 Å². The highest BCUT2D eigenvalue weighted by Gasteiger charge is 2.16. The molecule has 0 bridgehead atoms. The zero-order valence-electron chi connectivity index (χ0n) is 23.7. The van der Waals surface area contributed by atoms with Crippen molar-refractivity contribution in [1.29, 1.82) is 0 Å².